The van der Waals surface area contributed by atoms with Crippen molar-refractivity contribution >= 4 is 45.9 Å². The van der Waals surface area contributed by atoms with Crippen molar-refractivity contribution in [3.05, 3.63) is 70.9 Å². The average Bonchev–Trinajstić information content (AvgIpc) is 3.66. The van der Waals surface area contributed by atoms with Crippen LogP contribution in [0.5, 0.6) is 0 Å². The zero-order chi connectivity index (χ0) is 26.1. The fraction of sp³-hybridized carbons (Fsp3) is 0.321. The van der Waals surface area contributed by atoms with Gasteiger partial charge in [-0.15, -0.1) is 0 Å². The van der Waals surface area contributed by atoms with E-state index in [1.165, 1.54) is 16.8 Å². The first-order valence-electron chi connectivity index (χ1n) is 12.2. The molecular formula is C28H26ClN5O3. The van der Waals surface area contributed by atoms with Gasteiger partial charge in [-0.2, -0.15) is 5.26 Å². The van der Waals surface area contributed by atoms with Crippen molar-refractivity contribution in [1.29, 1.82) is 5.26 Å². The number of pyridine rings is 1. The van der Waals surface area contributed by atoms with Gasteiger partial charge in [0.15, 0.2) is 0 Å². The highest BCUT2D eigenvalue weighted by Crippen LogP contribution is 2.41. The molecule has 1 aliphatic carbocycles. The number of nitrogens with zero attached hydrogens (tertiary/aromatic N) is 4. The van der Waals surface area contributed by atoms with E-state index >= 15 is 0 Å². The van der Waals surface area contributed by atoms with Crippen LogP contribution in [0.25, 0.3) is 10.9 Å². The Balaban J connectivity index is 1.26. The molecule has 2 aliphatic rings. The van der Waals surface area contributed by atoms with Crippen LogP contribution in [-0.2, 0) is 9.59 Å². The van der Waals surface area contributed by atoms with Crippen molar-refractivity contribution in [3.8, 4) is 6.07 Å². The smallest absolute Gasteiger partial charge is 0.254 e. The standard InChI is InChI=1S/C28H26ClN5O3/c1-33(28(37)19-9-18-10-20(17-7-8-17)14-31-26(18)24(29)12-19)16-25(35)34-15-21(11-23(34)13-30)27(36)32-22-5-3-2-4-6-22/h2-6,9-10,12,14,17,21,23H,7-8,11,15-16H2,1H3,(H,32,36). The maximum absolute atomic E-state index is 13.2. The summed E-state index contributed by atoms with van der Waals surface area (Å²) in [6, 6.07) is 15.8. The molecule has 2 aromatic carbocycles. The minimum Gasteiger partial charge on any atom is -0.332 e. The largest absolute Gasteiger partial charge is 0.332 e. The number of carbonyl (C=O) groups is 3. The van der Waals surface area contributed by atoms with E-state index in [-0.39, 0.29) is 37.2 Å². The third kappa shape index (κ3) is 5.27. The molecule has 188 valence electrons. The van der Waals surface area contributed by atoms with Crippen molar-refractivity contribution < 1.29 is 14.4 Å². The maximum Gasteiger partial charge on any atom is 0.254 e. The molecule has 0 spiro atoms. The summed E-state index contributed by atoms with van der Waals surface area (Å²) in [6.07, 6.45) is 4.36. The van der Waals surface area contributed by atoms with E-state index in [0.29, 0.717) is 27.7 Å². The van der Waals surface area contributed by atoms with Crippen LogP contribution in [-0.4, -0.2) is 58.7 Å². The number of hydrogen-bond donors (Lipinski definition) is 1. The Hall–Kier alpha value is -3.96. The molecule has 2 unspecified atom stereocenters. The first kappa shape index (κ1) is 24.7. The molecule has 0 bridgehead atoms. The van der Waals surface area contributed by atoms with E-state index in [9.17, 15) is 19.6 Å². The molecule has 3 amide bonds. The van der Waals surface area contributed by atoms with Gasteiger partial charge in [0.05, 0.1) is 29.1 Å². The summed E-state index contributed by atoms with van der Waals surface area (Å²) in [7, 11) is 1.54. The zero-order valence-corrected chi connectivity index (χ0v) is 21.1. The fourth-order valence-corrected chi connectivity index (χ4v) is 5.04. The van der Waals surface area contributed by atoms with Crippen LogP contribution in [0.3, 0.4) is 0 Å². The number of rotatable bonds is 6. The molecule has 2 fully saturated rings. The summed E-state index contributed by atoms with van der Waals surface area (Å²) in [5, 5.41) is 13.6. The number of likely N-dealkylation sites (N-methyl/N-ethyl adjacent to an activating group) is 1. The Morgan fingerprint density at radius 3 is 2.65 bits per heavy atom. The Kier molecular flexibility index (Phi) is 6.81. The summed E-state index contributed by atoms with van der Waals surface area (Å²) in [4.78, 5) is 46.2. The van der Waals surface area contributed by atoms with E-state index in [2.05, 4.69) is 16.4 Å². The quantitative estimate of drug-likeness (QED) is 0.529. The Labute approximate surface area is 219 Å². The SMILES string of the molecule is CN(CC(=O)N1CC(C(=O)Nc2ccccc2)CC1C#N)C(=O)c1cc(Cl)c2ncc(C3CC3)cc2c1. The summed E-state index contributed by atoms with van der Waals surface area (Å²) < 4.78 is 0. The molecule has 9 heteroatoms. The number of benzene rings is 2. The first-order chi connectivity index (χ1) is 17.8. The number of fused-ring (bicyclic) bond motifs is 1. The third-order valence-electron chi connectivity index (χ3n) is 6.96. The second-order valence-corrected chi connectivity index (χ2v) is 10.1. The number of aromatic nitrogens is 1. The molecule has 1 N–H and O–H groups in total. The molecule has 37 heavy (non-hydrogen) atoms. The van der Waals surface area contributed by atoms with Gasteiger partial charge in [-0.05, 0) is 61.1 Å². The zero-order valence-electron chi connectivity index (χ0n) is 20.4. The highest BCUT2D eigenvalue weighted by Gasteiger charge is 2.39. The Morgan fingerprint density at radius 1 is 1.19 bits per heavy atom. The Morgan fingerprint density at radius 2 is 1.95 bits per heavy atom. The number of carbonyl (C=O) groups excluding carboxylic acids is 3. The van der Waals surface area contributed by atoms with Gasteiger partial charge in [0.1, 0.15) is 6.04 Å². The fourth-order valence-electron chi connectivity index (χ4n) is 4.76. The van der Waals surface area contributed by atoms with Gasteiger partial charge in [0.25, 0.3) is 5.91 Å². The predicted molar refractivity (Wildman–Crippen MR) is 140 cm³/mol. The molecule has 1 aromatic heterocycles. The summed E-state index contributed by atoms with van der Waals surface area (Å²) >= 11 is 6.43. The number of nitrogens with one attached hydrogen (secondary N) is 1. The monoisotopic (exact) mass is 515 g/mol. The summed E-state index contributed by atoms with van der Waals surface area (Å²) in [6.45, 7) is -0.102. The lowest BCUT2D eigenvalue weighted by atomic mass is 10.1. The molecule has 1 saturated heterocycles. The molecule has 1 saturated carbocycles. The molecule has 3 aromatic rings. The van der Waals surface area contributed by atoms with E-state index in [4.69, 9.17) is 11.6 Å². The number of amides is 3. The first-order valence-corrected chi connectivity index (χ1v) is 12.6. The lowest BCUT2D eigenvalue weighted by Crippen LogP contribution is -2.43. The van der Waals surface area contributed by atoms with Crippen LogP contribution in [0.2, 0.25) is 5.02 Å². The Bertz CT molecular complexity index is 1420. The molecule has 0 radical (unpaired) electrons. The second-order valence-electron chi connectivity index (χ2n) is 9.71. The van der Waals surface area contributed by atoms with E-state index < -0.39 is 12.0 Å². The topological polar surface area (TPSA) is 106 Å². The second kappa shape index (κ2) is 10.2. The van der Waals surface area contributed by atoms with Crippen molar-refractivity contribution in [3.63, 3.8) is 0 Å². The normalized spacial score (nSPS) is 18.9. The van der Waals surface area contributed by atoms with Gasteiger partial charge in [0, 0.05) is 36.4 Å². The lowest BCUT2D eigenvalue weighted by Gasteiger charge is -2.24. The van der Waals surface area contributed by atoms with Crippen LogP contribution >= 0.6 is 11.6 Å². The lowest BCUT2D eigenvalue weighted by molar-refractivity contribution is -0.131. The summed E-state index contributed by atoms with van der Waals surface area (Å²) in [5.74, 6) is -0.983. The van der Waals surface area contributed by atoms with Crippen molar-refractivity contribution in [2.24, 2.45) is 5.92 Å². The van der Waals surface area contributed by atoms with Gasteiger partial charge < -0.3 is 15.1 Å². The minimum absolute atomic E-state index is 0.120. The molecule has 5 rings (SSSR count). The van der Waals surface area contributed by atoms with E-state index in [1.54, 1.807) is 24.3 Å². The third-order valence-corrected chi connectivity index (χ3v) is 7.24. The highest BCUT2D eigenvalue weighted by molar-refractivity contribution is 6.35. The van der Waals surface area contributed by atoms with Crippen molar-refractivity contribution in [2.75, 3.05) is 25.5 Å². The van der Waals surface area contributed by atoms with Crippen molar-refractivity contribution in [2.45, 2.75) is 31.2 Å². The van der Waals surface area contributed by atoms with Gasteiger partial charge in [-0.25, -0.2) is 0 Å². The molecule has 1 aliphatic heterocycles. The van der Waals surface area contributed by atoms with Gasteiger partial charge in [-0.1, -0.05) is 29.8 Å². The number of halogens is 1. The van der Waals surface area contributed by atoms with Crippen LogP contribution in [0.4, 0.5) is 5.69 Å². The number of para-hydroxylation sites is 1. The number of likely N-dealkylation sites (tertiary alicyclic amines) is 1. The summed E-state index contributed by atoms with van der Waals surface area (Å²) in [5.41, 5.74) is 2.79. The van der Waals surface area contributed by atoms with Crippen LogP contribution in [0, 0.1) is 17.2 Å². The average molecular weight is 516 g/mol. The van der Waals surface area contributed by atoms with Gasteiger partial charge in [0.2, 0.25) is 11.8 Å². The number of anilines is 1. The van der Waals surface area contributed by atoms with Gasteiger partial charge >= 0.3 is 0 Å². The minimum atomic E-state index is -0.732. The molecule has 2 atom stereocenters. The van der Waals surface area contributed by atoms with E-state index in [1.807, 2.05) is 30.5 Å². The van der Waals surface area contributed by atoms with Crippen molar-refractivity contribution in [1.82, 2.24) is 14.8 Å². The predicted octanol–water partition coefficient (Wildman–Crippen LogP) is 4.22. The van der Waals surface area contributed by atoms with Crippen LogP contribution < -0.4 is 5.32 Å². The maximum atomic E-state index is 13.2. The highest BCUT2D eigenvalue weighted by atomic mass is 35.5. The van der Waals surface area contributed by atoms with Crippen LogP contribution in [0.1, 0.15) is 41.1 Å². The number of nitriles is 1. The molecular weight excluding hydrogens is 490 g/mol. The molecule has 8 nitrogen and oxygen atoms in total. The van der Waals surface area contributed by atoms with E-state index in [0.717, 1.165) is 23.8 Å². The molecule has 2 heterocycles. The number of hydrogen-bond acceptors (Lipinski definition) is 5. The van der Waals surface area contributed by atoms with Crippen LogP contribution in [0.15, 0.2) is 54.7 Å². The van der Waals surface area contributed by atoms with Gasteiger partial charge in [-0.3, -0.25) is 19.4 Å².